The minimum atomic E-state index is 0.301. The molecule has 2 unspecified atom stereocenters. The number of hydrogen-bond donors (Lipinski definition) is 2. The van der Waals surface area contributed by atoms with E-state index in [1.165, 1.54) is 6.42 Å². The molecule has 1 aromatic rings. The average Bonchev–Trinajstić information content (AvgIpc) is 2.30. The van der Waals surface area contributed by atoms with Gasteiger partial charge >= 0.3 is 0 Å². The van der Waals surface area contributed by atoms with Gasteiger partial charge in [0, 0.05) is 11.1 Å². The highest BCUT2D eigenvalue weighted by molar-refractivity contribution is 6.31. The summed E-state index contributed by atoms with van der Waals surface area (Å²) in [6.45, 7) is 4.45. The molecular weight excluding hydrogens is 220 g/mol. The summed E-state index contributed by atoms with van der Waals surface area (Å²) in [6, 6.07) is 8.25. The van der Waals surface area contributed by atoms with Crippen LogP contribution in [0.3, 0.4) is 0 Å². The fourth-order valence-electron chi connectivity index (χ4n) is 1.79. The summed E-state index contributed by atoms with van der Waals surface area (Å²) >= 11 is 6.13. The number of rotatable bonds is 6. The van der Waals surface area contributed by atoms with E-state index in [-0.39, 0.29) is 0 Å². The minimum absolute atomic E-state index is 0.301. The van der Waals surface area contributed by atoms with Crippen LogP contribution in [0.5, 0.6) is 0 Å². The van der Waals surface area contributed by atoms with Crippen LogP contribution in [-0.2, 0) is 6.42 Å². The third-order valence-corrected chi connectivity index (χ3v) is 3.41. The Balaban J connectivity index is 2.60. The first-order chi connectivity index (χ1) is 7.67. The zero-order valence-corrected chi connectivity index (χ0v) is 10.8. The number of hydrogen-bond acceptors (Lipinski definition) is 2. The molecule has 0 radical (unpaired) electrons. The average molecular weight is 241 g/mol. The summed E-state index contributed by atoms with van der Waals surface area (Å²) in [5.41, 5.74) is 4.05. The van der Waals surface area contributed by atoms with E-state index in [0.717, 1.165) is 23.4 Å². The monoisotopic (exact) mass is 240 g/mol. The molecule has 0 aliphatic carbocycles. The highest BCUT2D eigenvalue weighted by Gasteiger charge is 2.12. The van der Waals surface area contributed by atoms with Crippen LogP contribution in [0.4, 0.5) is 0 Å². The molecule has 2 atom stereocenters. The van der Waals surface area contributed by atoms with Gasteiger partial charge in [0.2, 0.25) is 0 Å². The summed E-state index contributed by atoms with van der Waals surface area (Å²) in [7, 11) is 0. The lowest BCUT2D eigenvalue weighted by Crippen LogP contribution is -2.38. The van der Waals surface area contributed by atoms with Gasteiger partial charge in [-0.15, -0.1) is 0 Å². The third kappa shape index (κ3) is 4.12. The fourth-order valence-corrected chi connectivity index (χ4v) is 2.00. The van der Waals surface area contributed by atoms with Gasteiger partial charge in [-0.05, 0) is 30.4 Å². The van der Waals surface area contributed by atoms with Gasteiger partial charge < -0.3 is 0 Å². The summed E-state index contributed by atoms with van der Waals surface area (Å²) in [6.07, 6.45) is 3.15. The number of hydrazine groups is 1. The molecule has 0 amide bonds. The normalized spacial score (nSPS) is 14.8. The van der Waals surface area contributed by atoms with Gasteiger partial charge in [-0.3, -0.25) is 11.3 Å². The van der Waals surface area contributed by atoms with Crippen molar-refractivity contribution in [2.45, 2.75) is 39.2 Å². The van der Waals surface area contributed by atoms with Crippen LogP contribution in [-0.4, -0.2) is 6.04 Å². The van der Waals surface area contributed by atoms with Crippen molar-refractivity contribution in [3.63, 3.8) is 0 Å². The summed E-state index contributed by atoms with van der Waals surface area (Å²) in [5.74, 6) is 6.26. The Bertz CT molecular complexity index is 315. The molecule has 0 heterocycles. The Hall–Kier alpha value is -0.570. The molecule has 0 aliphatic rings. The van der Waals surface area contributed by atoms with Gasteiger partial charge in [0.1, 0.15) is 0 Å². The Morgan fingerprint density at radius 2 is 2.06 bits per heavy atom. The number of nitrogens with two attached hydrogens (primary N) is 1. The van der Waals surface area contributed by atoms with Gasteiger partial charge in [0.15, 0.2) is 0 Å². The molecule has 0 fully saturated rings. The van der Waals surface area contributed by atoms with Gasteiger partial charge in [-0.1, -0.05) is 50.1 Å². The lowest BCUT2D eigenvalue weighted by Gasteiger charge is -2.20. The van der Waals surface area contributed by atoms with Crippen molar-refractivity contribution < 1.29 is 0 Å². The van der Waals surface area contributed by atoms with E-state index in [2.05, 4.69) is 25.3 Å². The maximum atomic E-state index is 6.13. The fraction of sp³-hybridized carbons (Fsp3) is 0.538. The first-order valence-electron chi connectivity index (χ1n) is 5.86. The molecule has 2 nitrogen and oxygen atoms in total. The van der Waals surface area contributed by atoms with Crippen LogP contribution < -0.4 is 11.3 Å². The molecule has 0 saturated carbocycles. The SMILES string of the molecule is CCC(C)CC(Cc1ccccc1Cl)NN. The van der Waals surface area contributed by atoms with E-state index in [4.69, 9.17) is 17.4 Å². The van der Waals surface area contributed by atoms with Crippen LogP contribution in [0.15, 0.2) is 24.3 Å². The van der Waals surface area contributed by atoms with Gasteiger partial charge in [-0.25, -0.2) is 0 Å². The second-order valence-electron chi connectivity index (χ2n) is 4.41. The van der Waals surface area contributed by atoms with Crippen molar-refractivity contribution in [1.29, 1.82) is 0 Å². The largest absolute Gasteiger partial charge is 0.271 e. The maximum Gasteiger partial charge on any atom is 0.0438 e. The van der Waals surface area contributed by atoms with Crippen LogP contribution >= 0.6 is 11.6 Å². The maximum absolute atomic E-state index is 6.13. The minimum Gasteiger partial charge on any atom is -0.271 e. The Labute approximate surface area is 103 Å². The van der Waals surface area contributed by atoms with Crippen LogP contribution in [0.2, 0.25) is 5.02 Å². The predicted octanol–water partition coefficient (Wildman–Crippen LogP) is 3.15. The van der Waals surface area contributed by atoms with E-state index >= 15 is 0 Å². The molecule has 1 rings (SSSR count). The predicted molar refractivity (Wildman–Crippen MR) is 70.3 cm³/mol. The quantitative estimate of drug-likeness (QED) is 0.592. The molecule has 0 spiro atoms. The molecular formula is C13H21ClN2. The zero-order chi connectivity index (χ0) is 12.0. The van der Waals surface area contributed by atoms with Crippen molar-refractivity contribution in [2.24, 2.45) is 11.8 Å². The highest BCUT2D eigenvalue weighted by Crippen LogP contribution is 2.19. The highest BCUT2D eigenvalue weighted by atomic mass is 35.5. The summed E-state index contributed by atoms with van der Waals surface area (Å²) < 4.78 is 0. The molecule has 3 N–H and O–H groups in total. The van der Waals surface area contributed by atoms with Crippen molar-refractivity contribution in [2.75, 3.05) is 0 Å². The summed E-state index contributed by atoms with van der Waals surface area (Å²) in [4.78, 5) is 0. The molecule has 0 saturated heterocycles. The molecule has 16 heavy (non-hydrogen) atoms. The molecule has 0 bridgehead atoms. The third-order valence-electron chi connectivity index (χ3n) is 3.04. The van der Waals surface area contributed by atoms with E-state index in [9.17, 15) is 0 Å². The van der Waals surface area contributed by atoms with E-state index in [1.54, 1.807) is 0 Å². The number of nitrogens with one attached hydrogen (secondary N) is 1. The molecule has 1 aromatic carbocycles. The standard InChI is InChI=1S/C13H21ClN2/c1-3-10(2)8-12(16-15)9-11-6-4-5-7-13(11)14/h4-7,10,12,16H,3,8-9,15H2,1-2H3. The first-order valence-corrected chi connectivity index (χ1v) is 6.24. The van der Waals surface area contributed by atoms with Crippen molar-refractivity contribution in [3.8, 4) is 0 Å². The Morgan fingerprint density at radius 1 is 1.38 bits per heavy atom. The van der Waals surface area contributed by atoms with Gasteiger partial charge in [-0.2, -0.15) is 0 Å². The van der Waals surface area contributed by atoms with Crippen molar-refractivity contribution in [1.82, 2.24) is 5.43 Å². The van der Waals surface area contributed by atoms with Crippen molar-refractivity contribution in [3.05, 3.63) is 34.9 Å². The van der Waals surface area contributed by atoms with Gasteiger partial charge in [0.05, 0.1) is 0 Å². The molecule has 90 valence electrons. The molecule has 3 heteroatoms. The van der Waals surface area contributed by atoms with E-state index < -0.39 is 0 Å². The second-order valence-corrected chi connectivity index (χ2v) is 4.82. The lowest BCUT2D eigenvalue weighted by atomic mass is 9.95. The lowest BCUT2D eigenvalue weighted by molar-refractivity contribution is 0.396. The van der Waals surface area contributed by atoms with Crippen molar-refractivity contribution >= 4 is 11.6 Å². The molecule has 0 aliphatic heterocycles. The number of benzene rings is 1. The van der Waals surface area contributed by atoms with Crippen LogP contribution in [0.1, 0.15) is 32.3 Å². The topological polar surface area (TPSA) is 38.0 Å². The zero-order valence-electron chi connectivity index (χ0n) is 10.0. The summed E-state index contributed by atoms with van der Waals surface area (Å²) in [5, 5.41) is 0.826. The van der Waals surface area contributed by atoms with Crippen LogP contribution in [0.25, 0.3) is 0 Å². The smallest absolute Gasteiger partial charge is 0.0438 e. The van der Waals surface area contributed by atoms with Crippen LogP contribution in [0, 0.1) is 5.92 Å². The number of halogens is 1. The first kappa shape index (κ1) is 13.5. The Kier molecular flexibility index (Phi) is 5.81. The Morgan fingerprint density at radius 3 is 2.62 bits per heavy atom. The second kappa shape index (κ2) is 6.89. The molecule has 0 aromatic heterocycles. The van der Waals surface area contributed by atoms with E-state index in [1.807, 2.05) is 18.2 Å². The van der Waals surface area contributed by atoms with E-state index in [0.29, 0.717) is 12.0 Å². The van der Waals surface area contributed by atoms with Gasteiger partial charge in [0.25, 0.3) is 0 Å².